The summed E-state index contributed by atoms with van der Waals surface area (Å²) in [6, 6.07) is 0. The van der Waals surface area contributed by atoms with Gasteiger partial charge >= 0.3 is 0 Å². The maximum absolute atomic E-state index is 2.53. The first-order valence-corrected chi connectivity index (χ1v) is 15.2. The first kappa shape index (κ1) is 8.74. The highest BCUT2D eigenvalue weighted by Crippen LogP contribution is 2.26. The van der Waals surface area contributed by atoms with Gasteiger partial charge in [-0.1, -0.05) is 44.2 Å². The highest BCUT2D eigenvalue weighted by molar-refractivity contribution is 7.29. The lowest BCUT2D eigenvalue weighted by molar-refractivity contribution is 0.503. The second-order valence-electron chi connectivity index (χ2n) is 3.65. The van der Waals surface area contributed by atoms with E-state index in [0.29, 0.717) is 26.6 Å². The minimum absolute atomic E-state index is 0.566. The lowest BCUT2D eigenvalue weighted by Gasteiger charge is -2.20. The average Bonchev–Trinajstić information content (AvgIpc) is 2.03. The molecule has 0 saturated heterocycles. The van der Waals surface area contributed by atoms with Crippen molar-refractivity contribution in [2.75, 3.05) is 0 Å². The molecule has 0 aromatic heterocycles. The van der Waals surface area contributed by atoms with Crippen LogP contribution in [0.5, 0.6) is 0 Å². The van der Waals surface area contributed by atoms with Crippen molar-refractivity contribution in [2.24, 2.45) is 0 Å². The Labute approximate surface area is 71.2 Å². The van der Waals surface area contributed by atoms with Gasteiger partial charge in [-0.2, -0.15) is 0 Å². The Morgan fingerprint density at radius 2 is 1.80 bits per heavy atom. The zero-order valence-corrected chi connectivity index (χ0v) is 11.5. The molecule has 60 valence electrons. The fraction of sp³-hybridized carbons (Fsp3) is 1.00. The molecule has 0 nitrogen and oxygen atoms in total. The van der Waals surface area contributed by atoms with E-state index >= 15 is 0 Å². The highest BCUT2D eigenvalue weighted by atomic mass is 29.5. The molecular weight excluding hydrogens is 168 g/mol. The van der Waals surface area contributed by atoms with Gasteiger partial charge < -0.3 is 0 Å². The van der Waals surface area contributed by atoms with E-state index in [0.717, 1.165) is 0 Å². The Bertz CT molecular complexity index is 78.9. The van der Waals surface area contributed by atoms with E-state index in [-0.39, 0.29) is 0 Å². The fourth-order valence-corrected chi connectivity index (χ4v) is 17.7. The Balaban J connectivity index is 2.02. The maximum atomic E-state index is 2.53. The van der Waals surface area contributed by atoms with Crippen molar-refractivity contribution in [1.82, 2.24) is 0 Å². The van der Waals surface area contributed by atoms with Crippen LogP contribution >= 0.6 is 0 Å². The van der Waals surface area contributed by atoms with Gasteiger partial charge in [0, 0.05) is 18.1 Å². The standard InChI is InChI=1S/C7H20Si3/c1-8-10-9-7-5-3-2-4-6-7/h7H,2-6,8-10H2,1H3. The van der Waals surface area contributed by atoms with Crippen LogP contribution < -0.4 is 0 Å². The number of hydrogen-bond donors (Lipinski definition) is 0. The summed E-state index contributed by atoms with van der Waals surface area (Å²) in [4.78, 5) is 0. The number of hydrogen-bond acceptors (Lipinski definition) is 0. The van der Waals surface area contributed by atoms with Gasteiger partial charge in [-0.15, -0.1) is 0 Å². The molecule has 10 heavy (non-hydrogen) atoms. The largest absolute Gasteiger partial charge is 0.0773 e. The van der Waals surface area contributed by atoms with Crippen molar-refractivity contribution in [1.29, 1.82) is 0 Å². The van der Waals surface area contributed by atoms with Crippen LogP contribution in [0.25, 0.3) is 0 Å². The predicted octanol–water partition coefficient (Wildman–Crippen LogP) is 0.123. The minimum atomic E-state index is 0.566. The quantitative estimate of drug-likeness (QED) is 0.552. The van der Waals surface area contributed by atoms with Crippen LogP contribution in [0.15, 0.2) is 0 Å². The summed E-state index contributed by atoms with van der Waals surface area (Å²) in [6.07, 6.45) is 8.01. The van der Waals surface area contributed by atoms with Gasteiger partial charge in [0.1, 0.15) is 0 Å². The van der Waals surface area contributed by atoms with E-state index in [9.17, 15) is 0 Å². The van der Waals surface area contributed by atoms with Crippen LogP contribution in [0.4, 0.5) is 0 Å². The Morgan fingerprint density at radius 1 is 1.10 bits per heavy atom. The minimum Gasteiger partial charge on any atom is -0.0773 e. The topological polar surface area (TPSA) is 0 Å². The molecule has 1 aliphatic rings. The Hall–Kier alpha value is 0.651. The van der Waals surface area contributed by atoms with Crippen molar-refractivity contribution < 1.29 is 0 Å². The first-order chi connectivity index (χ1) is 4.93. The monoisotopic (exact) mass is 188 g/mol. The van der Waals surface area contributed by atoms with Crippen LogP contribution in [0.3, 0.4) is 0 Å². The van der Waals surface area contributed by atoms with E-state index in [2.05, 4.69) is 6.55 Å². The van der Waals surface area contributed by atoms with E-state index in [1.165, 1.54) is 5.54 Å². The molecule has 0 bridgehead atoms. The van der Waals surface area contributed by atoms with E-state index < -0.39 is 0 Å². The van der Waals surface area contributed by atoms with Crippen LogP contribution in [0.2, 0.25) is 12.1 Å². The van der Waals surface area contributed by atoms with Crippen molar-refractivity contribution in [2.45, 2.75) is 44.2 Å². The van der Waals surface area contributed by atoms with Gasteiger partial charge in [-0.25, -0.2) is 0 Å². The molecule has 0 atom stereocenters. The summed E-state index contributed by atoms with van der Waals surface area (Å²) in [5.41, 5.74) is 1.34. The van der Waals surface area contributed by atoms with E-state index in [1.807, 2.05) is 0 Å². The number of rotatable bonds is 3. The molecule has 0 aromatic rings. The highest BCUT2D eigenvalue weighted by Gasteiger charge is 2.12. The maximum Gasteiger partial charge on any atom is 0.00874 e. The second-order valence-corrected chi connectivity index (χ2v) is 20.3. The van der Waals surface area contributed by atoms with Crippen molar-refractivity contribution >= 4 is 26.6 Å². The van der Waals surface area contributed by atoms with Gasteiger partial charge in [-0.3, -0.25) is 0 Å². The summed E-state index contributed by atoms with van der Waals surface area (Å²) in [7, 11) is 1.79. The van der Waals surface area contributed by atoms with Gasteiger partial charge in [-0.05, 0) is 8.55 Å². The molecule has 0 amide bonds. The molecule has 0 unspecified atom stereocenters. The van der Waals surface area contributed by atoms with E-state index in [1.54, 1.807) is 32.1 Å². The summed E-state index contributed by atoms with van der Waals surface area (Å²) in [6.45, 7) is 2.53. The van der Waals surface area contributed by atoms with Crippen LogP contribution in [-0.2, 0) is 0 Å². The summed E-state index contributed by atoms with van der Waals surface area (Å²) >= 11 is 0. The third-order valence-corrected chi connectivity index (χ3v) is 21.3. The normalized spacial score (nSPS) is 24.9. The molecule has 0 heterocycles. The molecule has 0 spiro atoms. The zero-order chi connectivity index (χ0) is 7.23. The molecular formula is C7H20Si3. The molecule has 1 saturated carbocycles. The lowest BCUT2D eigenvalue weighted by atomic mass is 10.0. The average molecular weight is 188 g/mol. The third kappa shape index (κ3) is 3.16. The zero-order valence-electron chi connectivity index (χ0n) is 7.23. The SMILES string of the molecule is C[SiH2][SiH2][SiH2]C1CCCCC1. The predicted molar refractivity (Wildman–Crippen MR) is 58.3 cm³/mol. The molecule has 1 rings (SSSR count). The van der Waals surface area contributed by atoms with Gasteiger partial charge in [0.15, 0.2) is 0 Å². The smallest absolute Gasteiger partial charge is 0.00874 e. The summed E-state index contributed by atoms with van der Waals surface area (Å²) < 4.78 is 0. The molecule has 0 N–H and O–H groups in total. The summed E-state index contributed by atoms with van der Waals surface area (Å²) in [5.74, 6) is 0. The van der Waals surface area contributed by atoms with E-state index in [4.69, 9.17) is 0 Å². The lowest BCUT2D eigenvalue weighted by Crippen LogP contribution is -2.17. The Morgan fingerprint density at radius 3 is 2.40 bits per heavy atom. The second kappa shape index (κ2) is 5.32. The van der Waals surface area contributed by atoms with Gasteiger partial charge in [0.25, 0.3) is 0 Å². The molecule has 0 aliphatic heterocycles. The molecule has 3 heteroatoms. The fourth-order valence-electron chi connectivity index (χ4n) is 1.97. The van der Waals surface area contributed by atoms with Crippen LogP contribution in [-0.4, -0.2) is 26.6 Å². The van der Waals surface area contributed by atoms with Gasteiger partial charge in [0.2, 0.25) is 0 Å². The van der Waals surface area contributed by atoms with Crippen molar-refractivity contribution in [3.8, 4) is 0 Å². The Kier molecular flexibility index (Phi) is 4.65. The first-order valence-electron chi connectivity index (χ1n) is 4.93. The summed E-state index contributed by atoms with van der Waals surface area (Å²) in [5, 5.41) is 0. The molecule has 0 radical (unpaired) electrons. The van der Waals surface area contributed by atoms with Crippen LogP contribution in [0.1, 0.15) is 32.1 Å². The molecule has 0 aromatic carbocycles. The molecule has 1 fully saturated rings. The third-order valence-electron chi connectivity index (χ3n) is 2.69. The van der Waals surface area contributed by atoms with Crippen LogP contribution in [0, 0.1) is 0 Å². The van der Waals surface area contributed by atoms with Crippen molar-refractivity contribution in [3.63, 3.8) is 0 Å². The van der Waals surface area contributed by atoms with Crippen molar-refractivity contribution in [3.05, 3.63) is 0 Å². The molecule has 1 aliphatic carbocycles. The van der Waals surface area contributed by atoms with Gasteiger partial charge in [0.05, 0.1) is 0 Å².